The Kier molecular flexibility index (Phi) is 12.5. The molecule has 4 N–H and O–H groups in total. The summed E-state index contributed by atoms with van der Waals surface area (Å²) in [5.74, 6) is -0.753. The highest BCUT2D eigenvalue weighted by atomic mass is 32.2. The minimum absolute atomic E-state index is 0.162. The quantitative estimate of drug-likeness (QED) is 0.0769. The van der Waals surface area contributed by atoms with E-state index in [0.717, 1.165) is 29.8 Å². The van der Waals surface area contributed by atoms with E-state index in [0.29, 0.717) is 30.7 Å². The van der Waals surface area contributed by atoms with Gasteiger partial charge in [-0.15, -0.1) is 11.8 Å². The van der Waals surface area contributed by atoms with E-state index in [-0.39, 0.29) is 17.2 Å². The Morgan fingerprint density at radius 1 is 0.824 bits per heavy atom. The van der Waals surface area contributed by atoms with Crippen LogP contribution in [0, 0.1) is 0 Å². The van der Waals surface area contributed by atoms with E-state index in [4.69, 9.17) is 0 Å². The number of carboxylic acid groups (broad SMARTS) is 1. The Balaban J connectivity index is 1.27. The average Bonchev–Trinajstić information content (AvgIpc) is 3.62. The molecule has 0 radical (unpaired) electrons. The molecule has 5 aromatic carbocycles. The van der Waals surface area contributed by atoms with Crippen LogP contribution in [-0.4, -0.2) is 59.4 Å². The Morgan fingerprint density at radius 2 is 1.39 bits per heavy atom. The lowest BCUT2D eigenvalue weighted by Crippen LogP contribution is -2.41. The van der Waals surface area contributed by atoms with Gasteiger partial charge in [-0.1, -0.05) is 127 Å². The molecule has 0 aliphatic carbocycles. The van der Waals surface area contributed by atoms with Gasteiger partial charge in [0, 0.05) is 29.1 Å². The number of nitrogens with one attached hydrogen (secondary N) is 3. The predicted octanol–water partition coefficient (Wildman–Crippen LogP) is 8.08. The first kappa shape index (κ1) is 36.3. The minimum atomic E-state index is -1.02. The molecule has 262 valence electrons. The van der Waals surface area contributed by atoms with Crippen molar-refractivity contribution < 1.29 is 14.7 Å². The summed E-state index contributed by atoms with van der Waals surface area (Å²) in [5.41, 5.74) is 6.97. The number of thioether (sulfide) groups is 2. The van der Waals surface area contributed by atoms with E-state index in [1.807, 2.05) is 66.5 Å². The van der Waals surface area contributed by atoms with Gasteiger partial charge in [-0.2, -0.15) is 11.8 Å². The van der Waals surface area contributed by atoms with Gasteiger partial charge in [0.05, 0.1) is 4.75 Å². The van der Waals surface area contributed by atoms with Gasteiger partial charge >= 0.3 is 5.97 Å². The van der Waals surface area contributed by atoms with Gasteiger partial charge in [0.1, 0.15) is 6.04 Å². The normalized spacial score (nSPS) is 16.3. The molecule has 1 saturated heterocycles. The summed E-state index contributed by atoms with van der Waals surface area (Å²) in [6.45, 7) is 1.57. The topological polar surface area (TPSA) is 90.5 Å². The highest BCUT2D eigenvalue weighted by Crippen LogP contribution is 2.51. The molecule has 51 heavy (non-hydrogen) atoms. The number of anilines is 1. The molecule has 0 spiro atoms. The summed E-state index contributed by atoms with van der Waals surface area (Å²) < 4.78 is -0.417. The third-order valence-electron chi connectivity index (χ3n) is 9.49. The molecule has 1 fully saturated rings. The maximum atomic E-state index is 13.7. The largest absolute Gasteiger partial charge is 0.480 e. The van der Waals surface area contributed by atoms with Crippen molar-refractivity contribution in [2.75, 3.05) is 30.4 Å². The van der Waals surface area contributed by atoms with Crippen LogP contribution in [0.2, 0.25) is 0 Å². The molecule has 0 saturated carbocycles. The van der Waals surface area contributed by atoms with Gasteiger partial charge in [0.15, 0.2) is 0 Å². The Bertz CT molecular complexity index is 1760. The van der Waals surface area contributed by atoms with Crippen molar-refractivity contribution in [3.63, 3.8) is 0 Å². The lowest BCUT2D eigenvalue weighted by molar-refractivity contribution is -0.139. The van der Waals surface area contributed by atoms with E-state index in [1.165, 1.54) is 16.7 Å². The van der Waals surface area contributed by atoms with Crippen LogP contribution in [0.4, 0.5) is 5.69 Å². The fourth-order valence-corrected chi connectivity index (χ4v) is 9.20. The van der Waals surface area contributed by atoms with Crippen LogP contribution in [0.15, 0.2) is 140 Å². The standard InChI is InChI=1S/C43H45N3O3S2/c1-50-27-25-38(42(48)49)46-41(47)37-29-36(23-22-32(37)28-31-14-6-2-7-15-31)45-30-39-40(24-26-44-39)51-43(33-16-8-3-9-17-33,34-18-10-4-11-19-34)35-20-12-5-13-21-35/h2-23,29,38-40,44-45H,24-28,30H2,1H3,(H,46,47)(H,48,49)/t38-,39+,40+/m0/s1. The Labute approximate surface area is 309 Å². The molecule has 6 nitrogen and oxygen atoms in total. The van der Waals surface area contributed by atoms with Gasteiger partial charge in [0.25, 0.3) is 5.91 Å². The van der Waals surface area contributed by atoms with Crippen molar-refractivity contribution in [1.82, 2.24) is 10.6 Å². The highest BCUT2D eigenvalue weighted by molar-refractivity contribution is 8.01. The van der Waals surface area contributed by atoms with Gasteiger partial charge in [-0.05, 0) is 77.8 Å². The first-order valence-corrected chi connectivity index (χ1v) is 19.8. The summed E-state index contributed by atoms with van der Waals surface area (Å²) in [6, 6.07) is 47.5. The zero-order valence-electron chi connectivity index (χ0n) is 28.8. The van der Waals surface area contributed by atoms with Crippen LogP contribution in [0.5, 0.6) is 0 Å². The molecule has 0 aromatic heterocycles. The molecule has 1 heterocycles. The molecule has 0 unspecified atom stereocenters. The minimum Gasteiger partial charge on any atom is -0.480 e. The summed E-state index contributed by atoms with van der Waals surface area (Å²) in [5, 5.41) is 20.3. The summed E-state index contributed by atoms with van der Waals surface area (Å²) in [7, 11) is 0. The van der Waals surface area contributed by atoms with Crippen molar-refractivity contribution in [3.8, 4) is 0 Å². The van der Waals surface area contributed by atoms with Crippen molar-refractivity contribution in [1.29, 1.82) is 0 Å². The number of aliphatic carboxylic acids is 1. The van der Waals surface area contributed by atoms with Crippen LogP contribution >= 0.6 is 23.5 Å². The van der Waals surface area contributed by atoms with Gasteiger partial charge in [0.2, 0.25) is 0 Å². The average molecular weight is 716 g/mol. The molecular formula is C43H45N3O3S2. The second-order valence-electron chi connectivity index (χ2n) is 12.8. The number of carbonyl (C=O) groups is 2. The maximum Gasteiger partial charge on any atom is 0.326 e. The Morgan fingerprint density at radius 3 is 1.94 bits per heavy atom. The van der Waals surface area contributed by atoms with E-state index in [9.17, 15) is 14.7 Å². The molecule has 8 heteroatoms. The van der Waals surface area contributed by atoms with Crippen LogP contribution in [0.3, 0.4) is 0 Å². The van der Waals surface area contributed by atoms with Crippen molar-refractivity contribution in [2.45, 2.75) is 41.3 Å². The van der Waals surface area contributed by atoms with Crippen molar-refractivity contribution >= 4 is 41.1 Å². The maximum absolute atomic E-state index is 13.7. The fraction of sp³-hybridized carbons (Fsp3) is 0.256. The van der Waals surface area contributed by atoms with Gasteiger partial charge < -0.3 is 21.1 Å². The van der Waals surface area contributed by atoms with Gasteiger partial charge in [-0.3, -0.25) is 4.79 Å². The van der Waals surface area contributed by atoms with E-state index in [2.05, 4.69) is 107 Å². The third kappa shape index (κ3) is 8.87. The molecule has 5 aromatic rings. The lowest BCUT2D eigenvalue weighted by Gasteiger charge is -2.38. The zero-order valence-corrected chi connectivity index (χ0v) is 30.5. The van der Waals surface area contributed by atoms with Crippen LogP contribution in [0.1, 0.15) is 51.0 Å². The molecular weight excluding hydrogens is 671 g/mol. The van der Waals surface area contributed by atoms with Crippen molar-refractivity contribution in [2.24, 2.45) is 0 Å². The van der Waals surface area contributed by atoms with Crippen LogP contribution < -0.4 is 16.0 Å². The number of hydrogen-bond donors (Lipinski definition) is 4. The summed E-state index contributed by atoms with van der Waals surface area (Å²) in [6.07, 6.45) is 3.87. The van der Waals surface area contributed by atoms with E-state index < -0.39 is 16.8 Å². The number of rotatable bonds is 16. The molecule has 3 atom stereocenters. The monoisotopic (exact) mass is 715 g/mol. The smallest absolute Gasteiger partial charge is 0.326 e. The first-order chi connectivity index (χ1) is 25.0. The second kappa shape index (κ2) is 17.6. The van der Waals surface area contributed by atoms with E-state index >= 15 is 0 Å². The van der Waals surface area contributed by atoms with Gasteiger partial charge in [-0.25, -0.2) is 4.79 Å². The number of carbonyl (C=O) groups excluding carboxylic acids is 1. The summed E-state index contributed by atoms with van der Waals surface area (Å²) in [4.78, 5) is 25.8. The highest BCUT2D eigenvalue weighted by Gasteiger charge is 2.42. The van der Waals surface area contributed by atoms with Crippen LogP contribution in [0.25, 0.3) is 0 Å². The number of carboxylic acids is 1. The molecule has 0 bridgehead atoms. The van der Waals surface area contributed by atoms with Crippen LogP contribution in [-0.2, 0) is 16.0 Å². The molecule has 6 rings (SSSR count). The number of amides is 1. The second-order valence-corrected chi connectivity index (χ2v) is 15.3. The number of benzene rings is 5. The third-order valence-corrected chi connectivity index (χ3v) is 12.1. The fourth-order valence-electron chi connectivity index (χ4n) is 6.86. The molecule has 1 amide bonds. The first-order valence-electron chi connectivity index (χ1n) is 17.5. The molecule has 1 aliphatic rings. The summed E-state index contributed by atoms with van der Waals surface area (Å²) >= 11 is 3.57. The molecule has 1 aliphatic heterocycles. The number of hydrogen-bond acceptors (Lipinski definition) is 6. The SMILES string of the molecule is CSCC[C@H](NC(=O)c1cc(NC[C@H]2NCC[C@H]2SC(c2ccccc2)(c2ccccc2)c2ccccc2)ccc1Cc1ccccc1)C(=O)O. The van der Waals surface area contributed by atoms with Crippen molar-refractivity contribution in [3.05, 3.63) is 173 Å². The Hall–Kier alpha value is -4.50. The predicted molar refractivity (Wildman–Crippen MR) is 213 cm³/mol. The zero-order chi connectivity index (χ0) is 35.5. The lowest BCUT2D eigenvalue weighted by atomic mass is 9.84. The van der Waals surface area contributed by atoms with E-state index in [1.54, 1.807) is 11.8 Å².